The molecule has 0 saturated heterocycles. The largest absolute Gasteiger partial charge is 0.493 e. The van der Waals surface area contributed by atoms with Crippen LogP contribution in [0.2, 0.25) is 5.02 Å². The Labute approximate surface area is 140 Å². The van der Waals surface area contributed by atoms with Gasteiger partial charge < -0.3 is 19.9 Å². The number of benzene rings is 1. The van der Waals surface area contributed by atoms with Crippen molar-refractivity contribution in [3.8, 4) is 11.5 Å². The van der Waals surface area contributed by atoms with Gasteiger partial charge in [0.2, 0.25) is 0 Å². The third-order valence-corrected chi connectivity index (χ3v) is 2.86. The molecule has 7 heteroatoms. The van der Waals surface area contributed by atoms with Crippen molar-refractivity contribution < 1.29 is 23.8 Å². The van der Waals surface area contributed by atoms with Crippen molar-refractivity contribution in [1.82, 2.24) is 0 Å². The summed E-state index contributed by atoms with van der Waals surface area (Å²) >= 11 is 6.20. The fourth-order valence-electron chi connectivity index (χ4n) is 1.58. The van der Waals surface area contributed by atoms with E-state index in [1.165, 1.54) is 19.3 Å². The molecule has 1 amide bonds. The number of halogens is 1. The first-order valence-corrected chi connectivity index (χ1v) is 7.34. The lowest BCUT2D eigenvalue weighted by atomic mass is 10.2. The van der Waals surface area contributed by atoms with Crippen LogP contribution in [0.25, 0.3) is 6.08 Å². The summed E-state index contributed by atoms with van der Waals surface area (Å²) in [6.07, 6.45) is 2.66. The van der Waals surface area contributed by atoms with Crippen molar-refractivity contribution >= 4 is 29.6 Å². The third kappa shape index (κ3) is 6.61. The maximum Gasteiger partial charge on any atom is 0.331 e. The molecule has 0 aliphatic carbocycles. The molecule has 0 heterocycles. The van der Waals surface area contributed by atoms with Gasteiger partial charge in [0, 0.05) is 6.08 Å². The normalized spacial score (nSPS) is 10.8. The van der Waals surface area contributed by atoms with Gasteiger partial charge >= 0.3 is 5.97 Å². The van der Waals surface area contributed by atoms with Crippen molar-refractivity contribution in [2.45, 2.75) is 13.8 Å². The Morgan fingerprint density at radius 1 is 1.35 bits per heavy atom. The summed E-state index contributed by atoms with van der Waals surface area (Å²) in [7, 11) is 1.50. The lowest BCUT2D eigenvalue weighted by Crippen LogP contribution is -2.19. The van der Waals surface area contributed by atoms with Gasteiger partial charge in [0.05, 0.1) is 18.7 Å². The number of rotatable bonds is 8. The summed E-state index contributed by atoms with van der Waals surface area (Å²) in [4.78, 5) is 21.9. The van der Waals surface area contributed by atoms with Gasteiger partial charge in [-0.3, -0.25) is 4.79 Å². The summed E-state index contributed by atoms with van der Waals surface area (Å²) < 4.78 is 15.5. The van der Waals surface area contributed by atoms with Gasteiger partial charge in [-0.25, -0.2) is 4.79 Å². The van der Waals surface area contributed by atoms with E-state index < -0.39 is 18.5 Å². The van der Waals surface area contributed by atoms with Crippen LogP contribution in [0.5, 0.6) is 11.5 Å². The molecular formula is C16H20ClNO5. The molecule has 0 aromatic heterocycles. The second-order valence-corrected chi connectivity index (χ2v) is 5.55. The van der Waals surface area contributed by atoms with E-state index in [2.05, 4.69) is 4.74 Å². The second kappa shape index (κ2) is 9.05. The van der Waals surface area contributed by atoms with Crippen LogP contribution in [0, 0.1) is 5.92 Å². The van der Waals surface area contributed by atoms with Gasteiger partial charge in [-0.1, -0.05) is 25.4 Å². The average molecular weight is 342 g/mol. The predicted octanol–water partition coefficient (Wildman–Crippen LogP) is 2.43. The van der Waals surface area contributed by atoms with Gasteiger partial charge in [-0.15, -0.1) is 0 Å². The minimum Gasteiger partial charge on any atom is -0.493 e. The number of esters is 1. The minimum absolute atomic E-state index is 0.343. The summed E-state index contributed by atoms with van der Waals surface area (Å²) in [5.41, 5.74) is 5.51. The standard InChI is InChI=1S/C16H20ClNO5/c1-10(2)8-23-16-12(17)6-11(7-13(16)21-3)4-5-15(20)22-9-14(18)19/h4-7,10H,8-9H2,1-3H3,(H2,18,19)/b5-4+. The molecule has 0 saturated carbocycles. The number of hydrogen-bond donors (Lipinski definition) is 1. The Morgan fingerprint density at radius 3 is 2.61 bits per heavy atom. The molecule has 1 rings (SSSR count). The van der Waals surface area contributed by atoms with Crippen LogP contribution in [0.15, 0.2) is 18.2 Å². The van der Waals surface area contributed by atoms with Crippen LogP contribution in [-0.4, -0.2) is 32.2 Å². The first-order valence-electron chi connectivity index (χ1n) is 6.97. The highest BCUT2D eigenvalue weighted by atomic mass is 35.5. The van der Waals surface area contributed by atoms with Crippen LogP contribution >= 0.6 is 11.6 Å². The fraction of sp³-hybridized carbons (Fsp3) is 0.375. The number of methoxy groups -OCH3 is 1. The molecule has 1 aromatic carbocycles. The average Bonchev–Trinajstić information content (AvgIpc) is 2.48. The van der Waals surface area contributed by atoms with Gasteiger partial charge in [0.15, 0.2) is 18.1 Å². The number of carbonyl (C=O) groups excluding carboxylic acids is 2. The number of ether oxygens (including phenoxy) is 3. The second-order valence-electron chi connectivity index (χ2n) is 5.15. The molecule has 0 aliphatic heterocycles. The Bertz CT molecular complexity index is 598. The van der Waals surface area contributed by atoms with Crippen LogP contribution in [-0.2, 0) is 14.3 Å². The smallest absolute Gasteiger partial charge is 0.331 e. The Morgan fingerprint density at radius 2 is 2.04 bits per heavy atom. The van der Waals surface area contributed by atoms with E-state index in [1.54, 1.807) is 12.1 Å². The van der Waals surface area contributed by atoms with Crippen molar-refractivity contribution in [2.24, 2.45) is 11.7 Å². The minimum atomic E-state index is -0.719. The molecule has 23 heavy (non-hydrogen) atoms. The van der Waals surface area contributed by atoms with Crippen molar-refractivity contribution in [3.05, 3.63) is 28.8 Å². The van der Waals surface area contributed by atoms with Gasteiger partial charge in [0.1, 0.15) is 0 Å². The maximum absolute atomic E-state index is 11.4. The van der Waals surface area contributed by atoms with Gasteiger partial charge in [-0.2, -0.15) is 0 Å². The fourth-order valence-corrected chi connectivity index (χ4v) is 1.85. The molecule has 0 aliphatic rings. The van der Waals surface area contributed by atoms with E-state index in [1.807, 2.05) is 13.8 Å². The summed E-state index contributed by atoms with van der Waals surface area (Å²) in [6.45, 7) is 4.09. The Kier molecular flexibility index (Phi) is 7.41. The monoisotopic (exact) mass is 341 g/mol. The van der Waals surface area contributed by atoms with Crippen LogP contribution in [0.3, 0.4) is 0 Å². The molecule has 0 spiro atoms. The molecular weight excluding hydrogens is 322 g/mol. The van der Waals surface area contributed by atoms with E-state index in [4.69, 9.17) is 26.8 Å². The van der Waals surface area contributed by atoms with Crippen LogP contribution in [0.4, 0.5) is 0 Å². The SMILES string of the molecule is COc1cc(/C=C/C(=O)OCC(N)=O)cc(Cl)c1OCC(C)C. The maximum atomic E-state index is 11.4. The van der Waals surface area contributed by atoms with Crippen LogP contribution < -0.4 is 15.2 Å². The molecule has 0 bridgehead atoms. The molecule has 0 atom stereocenters. The quantitative estimate of drug-likeness (QED) is 0.579. The highest BCUT2D eigenvalue weighted by Gasteiger charge is 2.12. The molecule has 126 valence electrons. The van der Waals surface area contributed by atoms with Crippen molar-refractivity contribution in [3.63, 3.8) is 0 Å². The van der Waals surface area contributed by atoms with Crippen molar-refractivity contribution in [2.75, 3.05) is 20.3 Å². The number of amides is 1. The predicted molar refractivity (Wildman–Crippen MR) is 87.5 cm³/mol. The highest BCUT2D eigenvalue weighted by molar-refractivity contribution is 6.32. The van der Waals surface area contributed by atoms with Gasteiger partial charge in [-0.05, 0) is 29.7 Å². The molecule has 0 radical (unpaired) electrons. The molecule has 1 aromatic rings. The summed E-state index contributed by atoms with van der Waals surface area (Å²) in [5, 5.41) is 0.371. The zero-order chi connectivity index (χ0) is 17.4. The topological polar surface area (TPSA) is 87.9 Å². The molecule has 0 unspecified atom stereocenters. The van der Waals surface area contributed by atoms with Crippen LogP contribution in [0.1, 0.15) is 19.4 Å². The lowest BCUT2D eigenvalue weighted by Gasteiger charge is -2.14. The van der Waals surface area contributed by atoms with E-state index >= 15 is 0 Å². The summed E-state index contributed by atoms with van der Waals surface area (Å²) in [5.74, 6) is -0.142. The zero-order valence-electron chi connectivity index (χ0n) is 13.3. The van der Waals surface area contributed by atoms with E-state index in [0.29, 0.717) is 34.6 Å². The highest BCUT2D eigenvalue weighted by Crippen LogP contribution is 2.37. The Balaban J connectivity index is 2.87. The third-order valence-electron chi connectivity index (χ3n) is 2.58. The van der Waals surface area contributed by atoms with E-state index in [9.17, 15) is 9.59 Å². The Hall–Kier alpha value is -2.21. The lowest BCUT2D eigenvalue weighted by molar-refractivity contribution is -0.142. The van der Waals surface area contributed by atoms with Gasteiger partial charge in [0.25, 0.3) is 5.91 Å². The number of nitrogens with two attached hydrogens (primary N) is 1. The molecule has 2 N–H and O–H groups in total. The number of hydrogen-bond acceptors (Lipinski definition) is 5. The number of primary amides is 1. The molecule has 6 nitrogen and oxygen atoms in total. The number of carbonyl (C=O) groups is 2. The zero-order valence-corrected chi connectivity index (χ0v) is 14.1. The first kappa shape index (κ1) is 18.8. The first-order chi connectivity index (χ1) is 10.8. The van der Waals surface area contributed by atoms with E-state index in [0.717, 1.165) is 0 Å². The van der Waals surface area contributed by atoms with E-state index in [-0.39, 0.29) is 0 Å². The van der Waals surface area contributed by atoms with Crippen molar-refractivity contribution in [1.29, 1.82) is 0 Å². The summed E-state index contributed by atoms with van der Waals surface area (Å²) in [6, 6.07) is 3.32. The molecule has 0 fully saturated rings.